The molecule has 0 radical (unpaired) electrons. The van der Waals surface area contributed by atoms with Crippen LogP contribution >= 0.6 is 0 Å². The van der Waals surface area contributed by atoms with Gasteiger partial charge in [-0.1, -0.05) is 5.16 Å². The van der Waals surface area contributed by atoms with Crippen LogP contribution in [0.2, 0.25) is 0 Å². The predicted octanol–water partition coefficient (Wildman–Crippen LogP) is 1.67. The van der Waals surface area contributed by atoms with Crippen molar-refractivity contribution in [3.05, 3.63) is 0 Å². The molecule has 0 spiro atoms. The van der Waals surface area contributed by atoms with E-state index >= 15 is 0 Å². The lowest BCUT2D eigenvalue weighted by atomic mass is 10.2. The molecule has 0 N–H and O–H groups in total. The maximum atomic E-state index is 12.3. The minimum absolute atomic E-state index is 0.0549. The van der Waals surface area contributed by atoms with E-state index < -0.39 is 55.3 Å². The number of hydrogen-bond donors (Lipinski definition) is 0. The summed E-state index contributed by atoms with van der Waals surface area (Å²) in [6.07, 6.45) is -22.5. The van der Waals surface area contributed by atoms with Crippen LogP contribution in [0.3, 0.4) is 0 Å². The Morgan fingerprint density at radius 1 is 0.821 bits per heavy atom. The highest BCUT2D eigenvalue weighted by Crippen LogP contribution is 2.23. The number of hydrogen-bond acceptors (Lipinski definition) is 8. The summed E-state index contributed by atoms with van der Waals surface area (Å²) >= 11 is 0. The van der Waals surface area contributed by atoms with Crippen LogP contribution in [0.25, 0.3) is 0 Å². The number of rotatable bonds is 7. The van der Waals surface area contributed by atoms with E-state index in [9.17, 15) is 53.9 Å². The molecule has 162 valence electrons. The number of esters is 3. The van der Waals surface area contributed by atoms with Crippen molar-refractivity contribution in [3.8, 4) is 0 Å². The van der Waals surface area contributed by atoms with Gasteiger partial charge in [-0.15, -0.1) is 0 Å². The number of carbonyl (C=O) groups is 3. The summed E-state index contributed by atoms with van der Waals surface area (Å²) in [5.74, 6) is -9.11. The molecule has 8 nitrogen and oxygen atoms in total. The monoisotopic (exact) mass is 437 g/mol. The summed E-state index contributed by atoms with van der Waals surface area (Å²) in [6.45, 7) is -1.88. The Balaban J connectivity index is 5.67. The molecule has 28 heavy (non-hydrogen) atoms. The van der Waals surface area contributed by atoms with Crippen molar-refractivity contribution in [3.63, 3.8) is 0 Å². The van der Waals surface area contributed by atoms with Crippen molar-refractivity contribution in [1.29, 1.82) is 0 Å². The first-order chi connectivity index (χ1) is 12.5. The Labute approximate surface area is 148 Å². The fourth-order valence-electron chi connectivity index (χ4n) is 1.15. The first kappa shape index (κ1) is 25.2. The van der Waals surface area contributed by atoms with Crippen LogP contribution in [0.4, 0.5) is 39.5 Å². The van der Waals surface area contributed by atoms with Gasteiger partial charge in [-0.05, 0) is 0 Å². The Hall–Kier alpha value is -2.75. The third kappa shape index (κ3) is 8.76. The van der Waals surface area contributed by atoms with E-state index in [4.69, 9.17) is 0 Å². The maximum absolute atomic E-state index is 12.3. The average molecular weight is 437 g/mol. The fraction of sp³-hybridized carbons (Fsp3) is 0.636. The second-order valence-electron chi connectivity index (χ2n) is 4.34. The standard InChI is InChI=1S/C11H8F9NO7/c1-25-21-2-4(27-7(23)10(15,16)17)5(28-8(24)11(18,19)20)3-26-6(22)9(12,13)14/h2,4-5H,3H2,1H3/b21-2-. The van der Waals surface area contributed by atoms with Gasteiger partial charge in [0.1, 0.15) is 13.7 Å². The zero-order chi connectivity index (χ0) is 22.3. The van der Waals surface area contributed by atoms with E-state index in [0.717, 1.165) is 7.11 Å². The Kier molecular flexibility index (Phi) is 8.52. The lowest BCUT2D eigenvalue weighted by Crippen LogP contribution is -2.45. The molecule has 0 heterocycles. The molecular formula is C11H8F9NO7. The van der Waals surface area contributed by atoms with Gasteiger partial charge < -0.3 is 19.0 Å². The minimum atomic E-state index is -5.75. The number of alkyl halides is 9. The number of nitrogens with zero attached hydrogens (tertiary/aromatic N) is 1. The summed E-state index contributed by atoms with van der Waals surface area (Å²) in [6, 6.07) is 0. The molecule has 0 saturated carbocycles. The third-order valence-corrected chi connectivity index (χ3v) is 2.25. The number of ether oxygens (including phenoxy) is 3. The summed E-state index contributed by atoms with van der Waals surface area (Å²) < 4.78 is 121. The van der Waals surface area contributed by atoms with E-state index in [1.165, 1.54) is 0 Å². The quantitative estimate of drug-likeness (QED) is 0.196. The zero-order valence-electron chi connectivity index (χ0n) is 13.1. The Morgan fingerprint density at radius 2 is 1.25 bits per heavy atom. The normalized spacial score (nSPS) is 14.9. The molecule has 17 heteroatoms. The highest BCUT2D eigenvalue weighted by atomic mass is 19.4. The lowest BCUT2D eigenvalue weighted by molar-refractivity contribution is -0.223. The first-order valence-electron chi connectivity index (χ1n) is 6.36. The van der Waals surface area contributed by atoms with Gasteiger partial charge in [0, 0.05) is 0 Å². The summed E-state index contributed by atoms with van der Waals surface area (Å²) in [5, 5.41) is 2.77. The van der Waals surface area contributed by atoms with Crippen LogP contribution in [-0.2, 0) is 33.4 Å². The van der Waals surface area contributed by atoms with E-state index in [1.54, 1.807) is 0 Å². The minimum Gasteiger partial charge on any atom is -0.455 e. The number of carbonyl (C=O) groups excluding carboxylic acids is 3. The number of halogens is 9. The second kappa shape index (κ2) is 9.45. The SMILES string of the molecule is CO/N=C\C(OC(=O)C(F)(F)F)C(COC(=O)C(F)(F)F)OC(=O)C(F)(F)F. The van der Waals surface area contributed by atoms with E-state index in [-0.39, 0.29) is 6.21 Å². The molecule has 0 bridgehead atoms. The maximum Gasteiger partial charge on any atom is 0.490 e. The van der Waals surface area contributed by atoms with E-state index in [0.29, 0.717) is 0 Å². The first-order valence-corrected chi connectivity index (χ1v) is 6.36. The van der Waals surface area contributed by atoms with Crippen LogP contribution in [0, 0.1) is 0 Å². The molecule has 0 aromatic rings. The molecule has 2 unspecified atom stereocenters. The third-order valence-electron chi connectivity index (χ3n) is 2.25. The Bertz CT molecular complexity index is 597. The summed E-state index contributed by atoms with van der Waals surface area (Å²) in [5.41, 5.74) is 0. The van der Waals surface area contributed by atoms with E-state index in [2.05, 4.69) is 24.2 Å². The van der Waals surface area contributed by atoms with Gasteiger partial charge in [0.05, 0.1) is 6.21 Å². The van der Waals surface area contributed by atoms with Gasteiger partial charge in [0.25, 0.3) is 0 Å². The van der Waals surface area contributed by atoms with Gasteiger partial charge in [0.2, 0.25) is 0 Å². The van der Waals surface area contributed by atoms with Crippen molar-refractivity contribution in [1.82, 2.24) is 0 Å². The predicted molar refractivity (Wildman–Crippen MR) is 64.4 cm³/mol. The van der Waals surface area contributed by atoms with Crippen molar-refractivity contribution in [2.45, 2.75) is 30.7 Å². The molecule has 0 aromatic carbocycles. The Morgan fingerprint density at radius 3 is 1.64 bits per heavy atom. The molecule has 0 aliphatic heterocycles. The topological polar surface area (TPSA) is 100 Å². The van der Waals surface area contributed by atoms with Crippen molar-refractivity contribution in [2.24, 2.45) is 5.16 Å². The molecule has 0 fully saturated rings. The highest BCUT2D eigenvalue weighted by Gasteiger charge is 2.48. The molecule has 0 saturated heterocycles. The van der Waals surface area contributed by atoms with Crippen LogP contribution < -0.4 is 0 Å². The lowest BCUT2D eigenvalue weighted by Gasteiger charge is -2.24. The van der Waals surface area contributed by atoms with Crippen LogP contribution in [0.15, 0.2) is 5.16 Å². The molecule has 2 atom stereocenters. The number of oxime groups is 1. The van der Waals surface area contributed by atoms with Crippen molar-refractivity contribution in [2.75, 3.05) is 13.7 Å². The van der Waals surface area contributed by atoms with Crippen molar-refractivity contribution >= 4 is 24.1 Å². The molecular weight excluding hydrogens is 429 g/mol. The summed E-state index contributed by atoms with van der Waals surface area (Å²) in [7, 11) is 0.777. The average Bonchev–Trinajstić information content (AvgIpc) is 2.51. The van der Waals surface area contributed by atoms with Gasteiger partial charge in [-0.3, -0.25) is 0 Å². The van der Waals surface area contributed by atoms with Crippen LogP contribution in [0.5, 0.6) is 0 Å². The van der Waals surface area contributed by atoms with Crippen LogP contribution in [-0.4, -0.2) is 68.6 Å². The van der Waals surface area contributed by atoms with Gasteiger partial charge in [-0.2, -0.15) is 39.5 Å². The largest absolute Gasteiger partial charge is 0.490 e. The smallest absolute Gasteiger partial charge is 0.455 e. The molecule has 0 rings (SSSR count). The molecule has 0 amide bonds. The second-order valence-corrected chi connectivity index (χ2v) is 4.34. The van der Waals surface area contributed by atoms with Gasteiger partial charge in [-0.25, -0.2) is 14.4 Å². The molecule has 0 aliphatic carbocycles. The van der Waals surface area contributed by atoms with E-state index in [1.807, 2.05) is 0 Å². The molecule has 0 aliphatic rings. The van der Waals surface area contributed by atoms with Crippen LogP contribution in [0.1, 0.15) is 0 Å². The van der Waals surface area contributed by atoms with Crippen molar-refractivity contribution < 1.29 is 72.9 Å². The molecule has 0 aromatic heterocycles. The van der Waals surface area contributed by atoms with Gasteiger partial charge in [0.15, 0.2) is 12.2 Å². The summed E-state index contributed by atoms with van der Waals surface area (Å²) in [4.78, 5) is 36.3. The van der Waals surface area contributed by atoms with Gasteiger partial charge >= 0.3 is 36.4 Å². The highest BCUT2D eigenvalue weighted by molar-refractivity contribution is 5.80. The zero-order valence-corrected chi connectivity index (χ0v) is 13.1. The fourth-order valence-corrected chi connectivity index (χ4v) is 1.15.